The van der Waals surface area contributed by atoms with E-state index in [9.17, 15) is 9.59 Å². The van der Waals surface area contributed by atoms with Gasteiger partial charge in [0.15, 0.2) is 0 Å². The zero-order valence-electron chi connectivity index (χ0n) is 26.4. The molecule has 0 spiro atoms. The van der Waals surface area contributed by atoms with Crippen LogP contribution in [0.3, 0.4) is 0 Å². The van der Waals surface area contributed by atoms with E-state index in [1.807, 2.05) is 70.3 Å². The summed E-state index contributed by atoms with van der Waals surface area (Å²) in [6, 6.07) is 21.4. The predicted octanol–water partition coefficient (Wildman–Crippen LogP) is 7.46. The lowest BCUT2D eigenvalue weighted by Gasteiger charge is -2.43. The van der Waals surface area contributed by atoms with Gasteiger partial charge in [-0.2, -0.15) is 0 Å². The Morgan fingerprint density at radius 2 is 1.63 bits per heavy atom. The summed E-state index contributed by atoms with van der Waals surface area (Å²) in [5.74, 6) is 0.0640. The second-order valence-corrected chi connectivity index (χ2v) is 14.1. The van der Waals surface area contributed by atoms with Gasteiger partial charge >= 0.3 is 0 Å². The van der Waals surface area contributed by atoms with Gasteiger partial charge in [0.1, 0.15) is 0 Å². The molecule has 2 fully saturated rings. The Balaban J connectivity index is 1.44. The topological polar surface area (TPSA) is 76.7 Å². The molecule has 0 bridgehead atoms. The maximum Gasteiger partial charge on any atom is 0.232 e. The van der Waals surface area contributed by atoms with E-state index >= 15 is 4.79 Å². The number of H-pyrrole nitrogens is 1. The Morgan fingerprint density at radius 3 is 2.33 bits per heavy atom. The molecule has 4 aromatic rings. The number of nitrogens with one attached hydrogen (secondary N) is 1. The van der Waals surface area contributed by atoms with Crippen LogP contribution < -0.4 is 0 Å². The van der Waals surface area contributed by atoms with Crippen LogP contribution in [0.15, 0.2) is 77.4 Å². The molecule has 7 nitrogen and oxygen atoms in total. The van der Waals surface area contributed by atoms with Gasteiger partial charge in [-0.05, 0) is 55.2 Å². The molecule has 9 heteroatoms. The lowest BCUT2D eigenvalue weighted by molar-refractivity contribution is -0.148. The number of rotatable bonds is 9. The molecule has 2 saturated heterocycles. The van der Waals surface area contributed by atoms with Crippen molar-refractivity contribution >= 4 is 56.2 Å². The highest BCUT2D eigenvalue weighted by Gasteiger charge is 2.58. The van der Waals surface area contributed by atoms with Crippen LogP contribution in [0.25, 0.3) is 10.9 Å². The summed E-state index contributed by atoms with van der Waals surface area (Å²) in [5, 5.41) is 1.56. The highest BCUT2D eigenvalue weighted by Crippen LogP contribution is 2.53. The summed E-state index contributed by atoms with van der Waals surface area (Å²) in [7, 11) is 0. The first-order chi connectivity index (χ1) is 22.2. The quantitative estimate of drug-likeness (QED) is 0.197. The molecule has 3 heterocycles. The molecule has 0 saturated carbocycles. The molecule has 2 unspecified atom stereocenters. The number of piperazine rings is 1. The number of nitrogens with zero attached hydrogens (tertiary/aromatic N) is 3. The van der Waals surface area contributed by atoms with Crippen LogP contribution in [0.4, 0.5) is 0 Å². The van der Waals surface area contributed by atoms with E-state index < -0.39 is 11.5 Å². The largest absolute Gasteiger partial charge is 0.361 e. The van der Waals surface area contributed by atoms with Crippen molar-refractivity contribution in [3.63, 3.8) is 0 Å². The van der Waals surface area contributed by atoms with Crippen molar-refractivity contribution in [2.45, 2.75) is 58.5 Å². The molecule has 46 heavy (non-hydrogen) atoms. The number of fused-ring (bicyclic) bond motifs is 1. The first-order valence-electron chi connectivity index (χ1n) is 16.1. The van der Waals surface area contributed by atoms with Gasteiger partial charge in [0.05, 0.1) is 11.5 Å². The number of likely N-dealkylation sites (tertiary alicyclic amines) is 1. The third-order valence-electron chi connectivity index (χ3n) is 9.59. The number of hydrogen-bond acceptors (Lipinski definition) is 3. The van der Waals surface area contributed by atoms with Gasteiger partial charge in [0, 0.05) is 77.7 Å². The molecule has 3 aromatic carbocycles. The van der Waals surface area contributed by atoms with Crippen molar-refractivity contribution in [3.05, 3.63) is 105 Å². The molecule has 0 radical (unpaired) electrons. The van der Waals surface area contributed by atoms with E-state index in [2.05, 4.69) is 52.1 Å². The minimum atomic E-state index is -1.06. The van der Waals surface area contributed by atoms with Gasteiger partial charge in [-0.15, -0.1) is 0 Å². The number of aryl methyl sites for hydroxylation is 1. The minimum Gasteiger partial charge on any atom is -0.361 e. The van der Waals surface area contributed by atoms with Crippen LogP contribution in [0.5, 0.6) is 0 Å². The second-order valence-electron chi connectivity index (χ2n) is 12.8. The Labute approximate surface area is 284 Å². The molecule has 6 rings (SSSR count). The monoisotopic (exact) mass is 702 g/mol. The van der Waals surface area contributed by atoms with Crippen LogP contribution in [0, 0.1) is 12.3 Å². The van der Waals surface area contributed by atoms with Crippen molar-refractivity contribution in [1.82, 2.24) is 19.7 Å². The summed E-state index contributed by atoms with van der Waals surface area (Å²) in [6.45, 7) is 6.40. The predicted molar refractivity (Wildman–Crippen MR) is 185 cm³/mol. The highest BCUT2D eigenvalue weighted by atomic mass is 79.9. The number of carbonyl (C=O) groups excluding carboxylic acids is 3. The third kappa shape index (κ3) is 6.47. The van der Waals surface area contributed by atoms with E-state index in [0.717, 1.165) is 50.5 Å². The van der Waals surface area contributed by atoms with Gasteiger partial charge in [-0.25, -0.2) is 0 Å². The number of benzene rings is 3. The van der Waals surface area contributed by atoms with Crippen molar-refractivity contribution in [2.75, 3.05) is 26.2 Å². The second kappa shape index (κ2) is 13.6. The Hall–Kier alpha value is -3.62. The highest BCUT2D eigenvalue weighted by molar-refractivity contribution is 9.10. The molecule has 2 atom stereocenters. The zero-order valence-corrected chi connectivity index (χ0v) is 28.7. The Morgan fingerprint density at radius 1 is 0.957 bits per heavy atom. The van der Waals surface area contributed by atoms with Gasteiger partial charge in [-0.3, -0.25) is 14.4 Å². The summed E-state index contributed by atoms with van der Waals surface area (Å²) in [5.41, 5.74) is 3.84. The van der Waals surface area contributed by atoms with Crippen LogP contribution in [-0.4, -0.2) is 63.6 Å². The smallest absolute Gasteiger partial charge is 0.232 e. The number of amides is 3. The molecule has 240 valence electrons. The van der Waals surface area contributed by atoms with Crippen molar-refractivity contribution in [2.24, 2.45) is 5.41 Å². The third-order valence-corrected chi connectivity index (χ3v) is 10.4. The SMILES string of the molecule is CCCCC(=O)N1CCN(C(=O)C2(Cc3ccc(C)cc3)CC(=O)N(Cc3ccc(Br)cc3)C2c2c[nH]c3cc(Cl)ccc23)CC1. The first-order valence-corrected chi connectivity index (χ1v) is 17.3. The molecule has 1 N–H and O–H groups in total. The normalized spacial score (nSPS) is 20.1. The van der Waals surface area contributed by atoms with Crippen molar-refractivity contribution < 1.29 is 14.4 Å². The van der Waals surface area contributed by atoms with E-state index in [-0.39, 0.29) is 24.1 Å². The minimum absolute atomic E-state index is 0.0336. The van der Waals surface area contributed by atoms with Gasteiger partial charge in [0.2, 0.25) is 17.7 Å². The molecule has 2 aliphatic rings. The first kappa shape index (κ1) is 32.3. The van der Waals surface area contributed by atoms with E-state index in [4.69, 9.17) is 11.6 Å². The van der Waals surface area contributed by atoms with Gasteiger partial charge < -0.3 is 19.7 Å². The van der Waals surface area contributed by atoms with Crippen LogP contribution in [0.2, 0.25) is 5.02 Å². The fourth-order valence-corrected chi connectivity index (χ4v) is 7.58. The molecule has 2 aliphatic heterocycles. The average Bonchev–Trinajstić information content (AvgIpc) is 3.58. The maximum atomic E-state index is 15.1. The number of halogens is 2. The van der Waals surface area contributed by atoms with Crippen LogP contribution in [-0.2, 0) is 27.3 Å². The standard InChI is InChI=1S/C37H40BrClN4O3/c1-3-4-5-33(44)41-16-18-42(19-17-41)36(46)37(21-26-8-6-25(2)7-9-26)22-34(45)43(24-27-10-12-28(38)13-11-27)35(37)31-23-40-32-20-29(39)14-15-30(31)32/h6-15,20,23,35,40H,3-5,16-19,21-22,24H2,1-2H3. The fourth-order valence-electron chi connectivity index (χ4n) is 7.15. The summed E-state index contributed by atoms with van der Waals surface area (Å²) in [4.78, 5) is 51.3. The van der Waals surface area contributed by atoms with Crippen molar-refractivity contribution in [3.8, 4) is 0 Å². The zero-order chi connectivity index (χ0) is 32.4. The number of carbonyl (C=O) groups is 3. The van der Waals surface area contributed by atoms with Crippen molar-refractivity contribution in [1.29, 1.82) is 0 Å². The van der Waals surface area contributed by atoms with E-state index in [0.29, 0.717) is 50.6 Å². The van der Waals surface area contributed by atoms with E-state index in [1.54, 1.807) is 0 Å². The average molecular weight is 704 g/mol. The summed E-state index contributed by atoms with van der Waals surface area (Å²) < 4.78 is 0.963. The Kier molecular flexibility index (Phi) is 9.57. The number of aromatic nitrogens is 1. The molecule has 0 aliphatic carbocycles. The lowest BCUT2D eigenvalue weighted by atomic mass is 9.71. The fraction of sp³-hybridized carbons (Fsp3) is 0.378. The summed E-state index contributed by atoms with van der Waals surface area (Å²) >= 11 is 9.90. The molecule has 1 aromatic heterocycles. The maximum absolute atomic E-state index is 15.1. The molecular weight excluding hydrogens is 664 g/mol. The van der Waals surface area contributed by atoms with Gasteiger partial charge in [0.25, 0.3) is 0 Å². The van der Waals surface area contributed by atoms with E-state index in [1.165, 1.54) is 0 Å². The molecule has 3 amide bonds. The number of hydrogen-bond donors (Lipinski definition) is 1. The lowest BCUT2D eigenvalue weighted by Crippen LogP contribution is -2.56. The Bertz CT molecular complexity index is 1730. The molecular formula is C37H40BrClN4O3. The van der Waals surface area contributed by atoms with Crippen LogP contribution in [0.1, 0.15) is 60.9 Å². The van der Waals surface area contributed by atoms with Crippen LogP contribution >= 0.6 is 27.5 Å². The number of unbranched alkanes of at least 4 members (excludes halogenated alkanes) is 1. The summed E-state index contributed by atoms with van der Waals surface area (Å²) in [6.07, 6.45) is 4.82. The van der Waals surface area contributed by atoms with Gasteiger partial charge in [-0.1, -0.05) is 88.9 Å². The number of aromatic amines is 1.